The van der Waals surface area contributed by atoms with Gasteiger partial charge in [-0.3, -0.25) is 0 Å². The van der Waals surface area contributed by atoms with E-state index in [1.54, 1.807) is 37.3 Å². The van der Waals surface area contributed by atoms with Gasteiger partial charge < -0.3 is 14.6 Å². The predicted molar refractivity (Wildman–Crippen MR) is 101 cm³/mol. The molecule has 0 unspecified atom stereocenters. The van der Waals surface area contributed by atoms with Gasteiger partial charge in [0.2, 0.25) is 11.8 Å². The van der Waals surface area contributed by atoms with Gasteiger partial charge in [-0.1, -0.05) is 42.5 Å². The van der Waals surface area contributed by atoms with E-state index in [0.717, 1.165) is 5.56 Å². The number of carboxylic acids is 1. The summed E-state index contributed by atoms with van der Waals surface area (Å²) in [6, 6.07) is 16.0. The lowest BCUT2D eigenvalue weighted by Crippen LogP contribution is -2.02. The maximum Gasteiger partial charge on any atom is 0.336 e. The third kappa shape index (κ3) is 4.30. The van der Waals surface area contributed by atoms with Crippen LogP contribution in [0.4, 0.5) is 0 Å². The fourth-order valence-electron chi connectivity index (χ4n) is 2.50. The van der Waals surface area contributed by atoms with Gasteiger partial charge >= 0.3 is 5.97 Å². The van der Waals surface area contributed by atoms with Crippen LogP contribution in [0.5, 0.6) is 23.3 Å². The first-order valence-electron chi connectivity index (χ1n) is 8.31. The van der Waals surface area contributed by atoms with Crippen LogP contribution in [0.2, 0.25) is 0 Å². The number of carbonyl (C=O) groups is 1. The Hall–Kier alpha value is -3.67. The molecule has 27 heavy (non-hydrogen) atoms. The molecule has 3 rings (SSSR count). The van der Waals surface area contributed by atoms with Crippen molar-refractivity contribution in [3.63, 3.8) is 0 Å². The average molecular weight is 362 g/mol. The smallest absolute Gasteiger partial charge is 0.336 e. The molecule has 0 fully saturated rings. The van der Waals surface area contributed by atoms with E-state index in [1.807, 2.05) is 31.2 Å². The van der Waals surface area contributed by atoms with Gasteiger partial charge in [0.1, 0.15) is 17.8 Å². The highest BCUT2D eigenvalue weighted by Gasteiger charge is 2.15. The summed E-state index contributed by atoms with van der Waals surface area (Å²) in [6.45, 7) is 3.60. The van der Waals surface area contributed by atoms with Crippen LogP contribution in [0.25, 0.3) is 5.57 Å². The van der Waals surface area contributed by atoms with E-state index in [2.05, 4.69) is 9.97 Å². The molecule has 6 nitrogen and oxygen atoms in total. The maximum atomic E-state index is 11.5. The number of hydrogen-bond donors (Lipinski definition) is 1. The van der Waals surface area contributed by atoms with E-state index in [9.17, 15) is 9.90 Å². The first-order chi connectivity index (χ1) is 13.1. The van der Waals surface area contributed by atoms with Crippen LogP contribution in [-0.2, 0) is 4.79 Å². The zero-order chi connectivity index (χ0) is 19.2. The minimum Gasteiger partial charge on any atom is -0.478 e. The topological polar surface area (TPSA) is 81.5 Å². The van der Waals surface area contributed by atoms with Gasteiger partial charge in [-0.25, -0.2) is 14.8 Å². The van der Waals surface area contributed by atoms with Crippen LogP contribution in [0.15, 0.2) is 67.0 Å². The van der Waals surface area contributed by atoms with Gasteiger partial charge in [-0.2, -0.15) is 0 Å². The highest BCUT2D eigenvalue weighted by Crippen LogP contribution is 2.31. The van der Waals surface area contributed by atoms with Crippen molar-refractivity contribution in [1.29, 1.82) is 0 Å². The van der Waals surface area contributed by atoms with Crippen molar-refractivity contribution in [2.45, 2.75) is 13.8 Å². The summed E-state index contributed by atoms with van der Waals surface area (Å²) in [6.07, 6.45) is 2.86. The number of carboxylic acid groups (broad SMARTS) is 1. The number of hydrogen-bond acceptors (Lipinski definition) is 5. The van der Waals surface area contributed by atoms with Gasteiger partial charge in [0.25, 0.3) is 0 Å². The van der Waals surface area contributed by atoms with E-state index in [-0.39, 0.29) is 11.5 Å². The molecule has 6 heteroatoms. The number of aromatic nitrogens is 2. The number of rotatable bonds is 6. The Morgan fingerprint density at radius 1 is 0.963 bits per heavy atom. The summed E-state index contributed by atoms with van der Waals surface area (Å²) >= 11 is 0. The van der Waals surface area contributed by atoms with Gasteiger partial charge in [0.15, 0.2) is 0 Å². The number of aliphatic carboxylic acids is 1. The van der Waals surface area contributed by atoms with E-state index in [4.69, 9.17) is 9.47 Å². The fourth-order valence-corrected chi connectivity index (χ4v) is 2.50. The SMILES string of the molecule is C/C=C(/C(=O)O)c1ccccc1Oc1cc(Oc2ccccc2C)ncn1. The van der Waals surface area contributed by atoms with E-state index >= 15 is 0 Å². The van der Waals surface area contributed by atoms with Gasteiger partial charge in [-0.15, -0.1) is 0 Å². The molecule has 0 bridgehead atoms. The molecule has 0 amide bonds. The molecule has 0 radical (unpaired) electrons. The lowest BCUT2D eigenvalue weighted by atomic mass is 10.0. The van der Waals surface area contributed by atoms with Crippen molar-refractivity contribution in [3.05, 3.63) is 78.1 Å². The fraction of sp³-hybridized carbons (Fsp3) is 0.0952. The number of aryl methyl sites for hydroxylation is 1. The third-order valence-corrected chi connectivity index (χ3v) is 3.84. The molecule has 1 heterocycles. The molecular weight excluding hydrogens is 344 g/mol. The molecule has 2 aromatic carbocycles. The van der Waals surface area contributed by atoms with Crippen molar-refractivity contribution in [2.24, 2.45) is 0 Å². The van der Waals surface area contributed by atoms with Crippen LogP contribution < -0.4 is 9.47 Å². The normalized spacial score (nSPS) is 11.1. The standard InChI is InChI=1S/C21H18N2O4/c1-3-15(21(24)25)16-9-5-7-11-18(16)27-20-12-19(22-13-23-20)26-17-10-6-4-8-14(17)2/h3-13H,1-2H3,(H,24,25)/b15-3+. The van der Waals surface area contributed by atoms with Crippen LogP contribution in [0.3, 0.4) is 0 Å². The molecular formula is C21H18N2O4. The molecule has 0 aliphatic carbocycles. The number of para-hydroxylation sites is 2. The summed E-state index contributed by atoms with van der Waals surface area (Å²) in [5, 5.41) is 9.38. The largest absolute Gasteiger partial charge is 0.478 e. The summed E-state index contributed by atoms with van der Waals surface area (Å²) in [7, 11) is 0. The Bertz CT molecular complexity index is 999. The van der Waals surface area contributed by atoms with E-state index in [0.29, 0.717) is 22.9 Å². The summed E-state index contributed by atoms with van der Waals surface area (Å²) in [5.74, 6) is 0.621. The Balaban J connectivity index is 1.88. The number of ether oxygens (including phenoxy) is 2. The zero-order valence-corrected chi connectivity index (χ0v) is 14.9. The summed E-state index contributed by atoms with van der Waals surface area (Å²) in [5.41, 5.74) is 1.59. The lowest BCUT2D eigenvalue weighted by Gasteiger charge is -2.12. The quantitative estimate of drug-likeness (QED) is 0.631. The van der Waals surface area contributed by atoms with Gasteiger partial charge in [0.05, 0.1) is 11.6 Å². The highest BCUT2D eigenvalue weighted by molar-refractivity contribution is 6.16. The van der Waals surface area contributed by atoms with E-state index < -0.39 is 5.97 Å². The summed E-state index contributed by atoms with van der Waals surface area (Å²) < 4.78 is 11.6. The lowest BCUT2D eigenvalue weighted by molar-refractivity contribution is -0.130. The Morgan fingerprint density at radius 2 is 1.56 bits per heavy atom. The van der Waals surface area contributed by atoms with Crippen LogP contribution >= 0.6 is 0 Å². The minimum absolute atomic E-state index is 0.149. The maximum absolute atomic E-state index is 11.5. The van der Waals surface area contributed by atoms with Crippen LogP contribution in [0, 0.1) is 6.92 Å². The van der Waals surface area contributed by atoms with Crippen molar-refractivity contribution < 1.29 is 19.4 Å². The molecule has 0 saturated heterocycles. The molecule has 0 aliphatic rings. The highest BCUT2D eigenvalue weighted by atomic mass is 16.5. The first kappa shape index (κ1) is 18.1. The van der Waals surface area contributed by atoms with Gasteiger partial charge in [0, 0.05) is 5.56 Å². The molecule has 0 saturated carbocycles. The van der Waals surface area contributed by atoms with Crippen molar-refractivity contribution in [1.82, 2.24) is 9.97 Å². The number of allylic oxidation sites excluding steroid dienone is 1. The van der Waals surface area contributed by atoms with Crippen molar-refractivity contribution >= 4 is 11.5 Å². The second-order valence-corrected chi connectivity index (χ2v) is 5.67. The van der Waals surface area contributed by atoms with Crippen molar-refractivity contribution in [2.75, 3.05) is 0 Å². The number of nitrogens with zero attached hydrogens (tertiary/aromatic N) is 2. The minimum atomic E-state index is -1.03. The predicted octanol–water partition coefficient (Wildman–Crippen LogP) is 4.86. The summed E-state index contributed by atoms with van der Waals surface area (Å²) in [4.78, 5) is 19.6. The molecule has 3 aromatic rings. The molecule has 0 atom stereocenters. The second-order valence-electron chi connectivity index (χ2n) is 5.67. The molecule has 136 valence electrons. The van der Waals surface area contributed by atoms with Crippen molar-refractivity contribution in [3.8, 4) is 23.3 Å². The van der Waals surface area contributed by atoms with Crippen LogP contribution in [0.1, 0.15) is 18.1 Å². The Labute approximate surface area is 156 Å². The molecule has 0 spiro atoms. The first-order valence-corrected chi connectivity index (χ1v) is 8.31. The second kappa shape index (κ2) is 8.14. The Morgan fingerprint density at radius 3 is 2.19 bits per heavy atom. The molecule has 1 N–H and O–H groups in total. The monoisotopic (exact) mass is 362 g/mol. The number of benzene rings is 2. The molecule has 0 aliphatic heterocycles. The average Bonchev–Trinajstić information content (AvgIpc) is 2.66. The zero-order valence-electron chi connectivity index (χ0n) is 14.9. The molecule has 1 aromatic heterocycles. The Kier molecular flexibility index (Phi) is 5.47. The van der Waals surface area contributed by atoms with E-state index in [1.165, 1.54) is 12.4 Å². The third-order valence-electron chi connectivity index (χ3n) is 3.84. The van der Waals surface area contributed by atoms with Crippen LogP contribution in [-0.4, -0.2) is 21.0 Å². The van der Waals surface area contributed by atoms with Gasteiger partial charge in [-0.05, 0) is 31.5 Å².